The van der Waals surface area contributed by atoms with Crippen LogP contribution < -0.4 is 14.4 Å². The lowest BCUT2D eigenvalue weighted by Gasteiger charge is -2.22. The van der Waals surface area contributed by atoms with Gasteiger partial charge in [0.05, 0.1) is 13.7 Å². The second-order valence-electron chi connectivity index (χ2n) is 6.86. The van der Waals surface area contributed by atoms with Gasteiger partial charge in [0, 0.05) is 38.4 Å². The number of amides is 1. The Hall–Kier alpha value is -2.83. The third-order valence-corrected chi connectivity index (χ3v) is 5.08. The molecule has 4 heterocycles. The molecule has 7 nitrogen and oxygen atoms in total. The van der Waals surface area contributed by atoms with Gasteiger partial charge < -0.3 is 19.3 Å². The van der Waals surface area contributed by atoms with E-state index in [0.29, 0.717) is 24.5 Å². The molecule has 0 radical (unpaired) electrons. The standard InChI is InChI=1S/C20H24N4O3/c1-26-19-16(6-4-10-22-19)20(25)24-13-8-15(14-24)27-17-7-5-9-21-18(17)23-11-2-3-12-23/h4-7,9-10,15H,2-3,8,11-14H2,1H3. The molecule has 2 aromatic heterocycles. The molecule has 0 aromatic carbocycles. The summed E-state index contributed by atoms with van der Waals surface area (Å²) in [5.74, 6) is 2.00. The average Bonchev–Trinajstić information content (AvgIpc) is 3.40. The Bertz CT molecular complexity index is 807. The fraction of sp³-hybridized carbons (Fsp3) is 0.450. The molecule has 2 saturated heterocycles. The average molecular weight is 368 g/mol. The van der Waals surface area contributed by atoms with Crippen molar-refractivity contribution in [1.82, 2.24) is 14.9 Å². The van der Waals surface area contributed by atoms with Gasteiger partial charge in [0.15, 0.2) is 11.6 Å². The normalized spacial score (nSPS) is 19.4. The SMILES string of the molecule is COc1ncccc1C(=O)N1CCC(Oc2cccnc2N2CCCC2)C1. The Morgan fingerprint density at radius 2 is 1.89 bits per heavy atom. The Balaban J connectivity index is 1.44. The van der Waals surface area contributed by atoms with Crippen molar-refractivity contribution in [1.29, 1.82) is 0 Å². The van der Waals surface area contributed by atoms with E-state index in [1.54, 1.807) is 29.4 Å². The van der Waals surface area contributed by atoms with Gasteiger partial charge in [-0.25, -0.2) is 9.97 Å². The van der Waals surface area contributed by atoms with E-state index in [2.05, 4.69) is 14.9 Å². The van der Waals surface area contributed by atoms with Gasteiger partial charge in [-0.2, -0.15) is 0 Å². The molecular weight excluding hydrogens is 344 g/mol. The molecule has 0 saturated carbocycles. The van der Waals surface area contributed by atoms with E-state index in [1.807, 2.05) is 12.1 Å². The van der Waals surface area contributed by atoms with Crippen LogP contribution in [0.3, 0.4) is 0 Å². The van der Waals surface area contributed by atoms with Crippen LogP contribution in [0.25, 0.3) is 0 Å². The molecule has 2 aromatic rings. The predicted molar refractivity (Wildman–Crippen MR) is 101 cm³/mol. The zero-order valence-electron chi connectivity index (χ0n) is 15.5. The predicted octanol–water partition coefficient (Wildman–Crippen LogP) is 2.38. The fourth-order valence-corrected chi connectivity index (χ4v) is 3.72. The Morgan fingerprint density at radius 1 is 1.11 bits per heavy atom. The molecule has 0 bridgehead atoms. The van der Waals surface area contributed by atoms with Crippen molar-refractivity contribution in [2.45, 2.75) is 25.4 Å². The van der Waals surface area contributed by atoms with Crippen LogP contribution in [0.1, 0.15) is 29.6 Å². The van der Waals surface area contributed by atoms with Crippen molar-refractivity contribution in [2.75, 3.05) is 38.2 Å². The molecule has 1 amide bonds. The molecule has 1 atom stereocenters. The number of likely N-dealkylation sites (tertiary alicyclic amines) is 1. The molecular formula is C20H24N4O3. The maximum Gasteiger partial charge on any atom is 0.259 e. The molecule has 7 heteroatoms. The van der Waals surface area contributed by atoms with Gasteiger partial charge in [-0.05, 0) is 37.1 Å². The molecule has 2 fully saturated rings. The topological polar surface area (TPSA) is 67.8 Å². The van der Waals surface area contributed by atoms with E-state index in [1.165, 1.54) is 20.0 Å². The Morgan fingerprint density at radius 3 is 2.70 bits per heavy atom. The van der Waals surface area contributed by atoms with E-state index in [0.717, 1.165) is 31.1 Å². The van der Waals surface area contributed by atoms with Crippen LogP contribution in [0.2, 0.25) is 0 Å². The number of methoxy groups -OCH3 is 1. The maximum atomic E-state index is 12.8. The Kier molecular flexibility index (Phi) is 5.09. The lowest BCUT2D eigenvalue weighted by Crippen LogP contribution is -2.31. The highest BCUT2D eigenvalue weighted by molar-refractivity contribution is 5.96. The molecule has 27 heavy (non-hydrogen) atoms. The second-order valence-corrected chi connectivity index (χ2v) is 6.86. The molecule has 4 rings (SSSR count). The number of aromatic nitrogens is 2. The van der Waals surface area contributed by atoms with E-state index < -0.39 is 0 Å². The smallest absolute Gasteiger partial charge is 0.259 e. The number of hydrogen-bond acceptors (Lipinski definition) is 6. The van der Waals surface area contributed by atoms with Gasteiger partial charge in [0.1, 0.15) is 11.7 Å². The molecule has 2 aliphatic heterocycles. The zero-order valence-corrected chi connectivity index (χ0v) is 15.5. The third kappa shape index (κ3) is 3.67. The first-order valence-electron chi connectivity index (χ1n) is 9.41. The highest BCUT2D eigenvalue weighted by Gasteiger charge is 2.31. The van der Waals surface area contributed by atoms with Crippen molar-refractivity contribution in [3.05, 3.63) is 42.2 Å². The van der Waals surface area contributed by atoms with Crippen LogP contribution >= 0.6 is 0 Å². The van der Waals surface area contributed by atoms with Gasteiger partial charge in [-0.15, -0.1) is 0 Å². The molecule has 0 aliphatic carbocycles. The number of pyridine rings is 2. The minimum atomic E-state index is -0.0722. The number of anilines is 1. The number of carbonyl (C=O) groups excluding carboxylic acids is 1. The van der Waals surface area contributed by atoms with E-state index in [-0.39, 0.29) is 12.0 Å². The zero-order chi connectivity index (χ0) is 18.6. The van der Waals surface area contributed by atoms with Crippen molar-refractivity contribution < 1.29 is 14.3 Å². The summed E-state index contributed by atoms with van der Waals surface area (Å²) >= 11 is 0. The highest BCUT2D eigenvalue weighted by atomic mass is 16.5. The summed E-state index contributed by atoms with van der Waals surface area (Å²) in [6, 6.07) is 7.36. The number of ether oxygens (including phenoxy) is 2. The monoisotopic (exact) mass is 368 g/mol. The highest BCUT2D eigenvalue weighted by Crippen LogP contribution is 2.30. The number of nitrogens with zero attached hydrogens (tertiary/aromatic N) is 4. The Labute approximate surface area is 158 Å². The first kappa shape index (κ1) is 17.6. The van der Waals surface area contributed by atoms with Gasteiger partial charge >= 0.3 is 0 Å². The van der Waals surface area contributed by atoms with Crippen LogP contribution in [0.4, 0.5) is 5.82 Å². The summed E-state index contributed by atoms with van der Waals surface area (Å²) in [6.45, 7) is 3.24. The number of hydrogen-bond donors (Lipinski definition) is 0. The van der Waals surface area contributed by atoms with Gasteiger partial charge in [-0.1, -0.05) is 0 Å². The lowest BCUT2D eigenvalue weighted by atomic mass is 10.2. The molecule has 0 N–H and O–H groups in total. The number of carbonyl (C=O) groups is 1. The summed E-state index contributed by atoms with van der Waals surface area (Å²) in [6.07, 6.45) is 6.56. The van der Waals surface area contributed by atoms with Crippen molar-refractivity contribution in [3.63, 3.8) is 0 Å². The fourth-order valence-electron chi connectivity index (χ4n) is 3.72. The molecule has 1 unspecified atom stereocenters. The largest absolute Gasteiger partial charge is 0.485 e. The minimum absolute atomic E-state index is 0.0397. The first-order chi connectivity index (χ1) is 13.3. The van der Waals surface area contributed by atoms with Crippen molar-refractivity contribution >= 4 is 11.7 Å². The van der Waals surface area contributed by atoms with Gasteiger partial charge in [0.2, 0.25) is 5.88 Å². The van der Waals surface area contributed by atoms with Gasteiger partial charge in [-0.3, -0.25) is 4.79 Å². The number of rotatable bonds is 5. The quantitative estimate of drug-likeness (QED) is 0.807. The van der Waals surface area contributed by atoms with E-state index >= 15 is 0 Å². The van der Waals surface area contributed by atoms with Crippen molar-refractivity contribution in [2.24, 2.45) is 0 Å². The van der Waals surface area contributed by atoms with Crippen LogP contribution in [-0.4, -0.2) is 60.2 Å². The lowest BCUT2D eigenvalue weighted by molar-refractivity contribution is 0.0768. The van der Waals surface area contributed by atoms with E-state index in [4.69, 9.17) is 9.47 Å². The van der Waals surface area contributed by atoms with Crippen LogP contribution in [-0.2, 0) is 0 Å². The minimum Gasteiger partial charge on any atom is -0.485 e. The van der Waals surface area contributed by atoms with Crippen LogP contribution in [0.15, 0.2) is 36.7 Å². The van der Waals surface area contributed by atoms with E-state index in [9.17, 15) is 4.79 Å². The third-order valence-electron chi connectivity index (χ3n) is 5.08. The van der Waals surface area contributed by atoms with Crippen LogP contribution in [0, 0.1) is 0 Å². The summed E-state index contributed by atoms with van der Waals surface area (Å²) in [5, 5.41) is 0. The first-order valence-corrected chi connectivity index (χ1v) is 9.41. The maximum absolute atomic E-state index is 12.8. The second kappa shape index (κ2) is 7.82. The molecule has 0 spiro atoms. The van der Waals surface area contributed by atoms with Crippen LogP contribution in [0.5, 0.6) is 11.6 Å². The summed E-state index contributed by atoms with van der Waals surface area (Å²) in [5.41, 5.74) is 0.486. The van der Waals surface area contributed by atoms with Crippen molar-refractivity contribution in [3.8, 4) is 11.6 Å². The summed E-state index contributed by atoms with van der Waals surface area (Å²) < 4.78 is 11.5. The summed E-state index contributed by atoms with van der Waals surface area (Å²) in [4.78, 5) is 25.5. The molecule has 2 aliphatic rings. The molecule has 142 valence electrons. The summed E-state index contributed by atoms with van der Waals surface area (Å²) in [7, 11) is 1.53. The van der Waals surface area contributed by atoms with Gasteiger partial charge in [0.25, 0.3) is 5.91 Å².